The summed E-state index contributed by atoms with van der Waals surface area (Å²) in [5, 5.41) is 19.0. The van der Waals surface area contributed by atoms with Crippen LogP contribution in [0.4, 0.5) is 10.5 Å². The number of hydrogen-bond acceptors (Lipinski definition) is 14. The molecule has 4 heterocycles. The van der Waals surface area contributed by atoms with Crippen LogP contribution in [-0.4, -0.2) is 80.5 Å². The molecule has 2 amide bonds. The normalized spacial score (nSPS) is 17.8. The first kappa shape index (κ1) is 33.3. The van der Waals surface area contributed by atoms with Crippen LogP contribution in [0.2, 0.25) is 0 Å². The summed E-state index contributed by atoms with van der Waals surface area (Å²) in [4.78, 5) is 77.1. The van der Waals surface area contributed by atoms with E-state index in [9.17, 15) is 52.0 Å². The summed E-state index contributed by atoms with van der Waals surface area (Å²) in [7, 11) is -3.37. The fourth-order valence-corrected chi connectivity index (χ4v) is 7.44. The van der Waals surface area contributed by atoms with Crippen molar-refractivity contribution < 1.29 is 51.8 Å². The smallest absolute Gasteiger partial charge is 0.422 e. The molecule has 0 atom stereocenters. The van der Waals surface area contributed by atoms with Gasteiger partial charge in [0.25, 0.3) is 11.1 Å². The summed E-state index contributed by atoms with van der Waals surface area (Å²) in [6.45, 7) is 0.0688. The molecule has 2 aromatic heterocycles. The number of aliphatic carboxylic acids is 2. The van der Waals surface area contributed by atoms with E-state index < -0.39 is 69.8 Å². The fourth-order valence-electron chi connectivity index (χ4n) is 4.66. The van der Waals surface area contributed by atoms with Crippen LogP contribution in [0.5, 0.6) is 5.75 Å². The number of nitrogens with zero attached hydrogens (tertiary/aromatic N) is 4. The third-order valence-electron chi connectivity index (χ3n) is 6.77. The molecule has 2 aliphatic heterocycles. The number of likely N-dealkylation sites (N-methyl/N-ethyl adjacent to an activating group) is 1. The molecule has 0 unspecified atom stereocenters. The molecule has 1 fully saturated rings. The van der Waals surface area contributed by atoms with Crippen LogP contribution in [0.3, 0.4) is 0 Å². The van der Waals surface area contributed by atoms with Crippen LogP contribution in [0, 0.1) is 16.1 Å². The quantitative estimate of drug-likeness (QED) is 0.256. The Morgan fingerprint density at radius 1 is 0.957 bits per heavy atom. The van der Waals surface area contributed by atoms with E-state index in [2.05, 4.69) is 0 Å². The molecule has 0 spiro atoms. The maximum atomic E-state index is 13.5. The van der Waals surface area contributed by atoms with Crippen molar-refractivity contribution in [3.8, 4) is 5.75 Å². The molecule has 47 heavy (non-hydrogen) atoms. The van der Waals surface area contributed by atoms with E-state index in [0.29, 0.717) is 43.6 Å². The molecule has 5 rings (SSSR count). The minimum Gasteiger partial charge on any atom is -0.748 e. The number of thiazole rings is 2. The number of aryl methyl sites for hydroxylation is 1. The number of carboxylic acid groups (broad SMARTS) is 2. The van der Waals surface area contributed by atoms with E-state index in [1.807, 2.05) is 6.92 Å². The van der Waals surface area contributed by atoms with Crippen molar-refractivity contribution in [2.24, 2.45) is 0 Å². The minimum absolute atomic E-state index is 0.0373. The lowest BCUT2D eigenvalue weighted by Gasteiger charge is -2.18. The van der Waals surface area contributed by atoms with Crippen LogP contribution in [-0.2, 0) is 42.3 Å². The van der Waals surface area contributed by atoms with Gasteiger partial charge in [0, 0.05) is 25.4 Å². The molecular weight excluding hydrogens is 685 g/mol. The zero-order valence-electron chi connectivity index (χ0n) is 24.3. The molecule has 0 saturated carbocycles. The number of cyclic esters (lactones) is 1. The van der Waals surface area contributed by atoms with Gasteiger partial charge in [-0.25, -0.2) is 18.1 Å². The van der Waals surface area contributed by atoms with Crippen molar-refractivity contribution in [3.05, 3.63) is 74.8 Å². The highest BCUT2D eigenvalue weighted by Crippen LogP contribution is 2.39. The lowest BCUT2D eigenvalue weighted by molar-refractivity contribution is -0.138. The lowest BCUT2D eigenvalue weighted by Crippen LogP contribution is -2.32. The summed E-state index contributed by atoms with van der Waals surface area (Å²) in [5.41, 5.74) is -0.359. The van der Waals surface area contributed by atoms with Gasteiger partial charge < -0.3 is 29.1 Å². The predicted octanol–water partition coefficient (Wildman–Crippen LogP) is -0.929. The maximum Gasteiger partial charge on any atom is 0.422 e. The van der Waals surface area contributed by atoms with E-state index in [-0.39, 0.29) is 37.2 Å². The van der Waals surface area contributed by atoms with Gasteiger partial charge in [-0.15, -0.1) is 22.7 Å². The number of rotatable bonds is 9. The van der Waals surface area contributed by atoms with Gasteiger partial charge >= 0.3 is 23.9 Å². The summed E-state index contributed by atoms with van der Waals surface area (Å²) in [5.74, 6) is -4.49. The Balaban J connectivity index is 1.73. The highest BCUT2D eigenvalue weighted by molar-refractivity contribution is 7.85. The van der Waals surface area contributed by atoms with Gasteiger partial charge in [-0.05, 0) is 37.1 Å². The number of fused-ring (bicyclic) bond motifs is 1. The number of hydrogen-bond donors (Lipinski definition) is 2. The Bertz CT molecular complexity index is 2350. The molecule has 2 aliphatic rings. The number of carboxylic acids is 2. The molecule has 0 bridgehead atoms. The fraction of sp³-hybridized carbons (Fsp3) is 0.259. The van der Waals surface area contributed by atoms with Crippen LogP contribution < -0.4 is 30.0 Å². The van der Waals surface area contributed by atoms with Crippen molar-refractivity contribution in [2.45, 2.75) is 26.4 Å². The minimum atomic E-state index is -4.48. The second-order valence-corrected chi connectivity index (χ2v) is 13.7. The monoisotopic (exact) mass is 707 g/mol. The summed E-state index contributed by atoms with van der Waals surface area (Å²) >= 11 is 1.25. The number of amides is 2. The number of carbonyl (C=O) groups is 4. The van der Waals surface area contributed by atoms with Gasteiger partial charge in [0.15, 0.2) is 5.75 Å². The average Bonchev–Trinajstić information content (AvgIpc) is 3.66. The number of imide groups is 1. The van der Waals surface area contributed by atoms with Crippen LogP contribution in [0.15, 0.2) is 39.7 Å². The Kier molecular flexibility index (Phi) is 8.95. The van der Waals surface area contributed by atoms with Crippen molar-refractivity contribution in [1.82, 2.24) is 14.0 Å². The van der Waals surface area contributed by atoms with Crippen molar-refractivity contribution in [1.29, 1.82) is 0 Å². The molecule has 0 radical (unpaired) electrons. The third-order valence-corrected chi connectivity index (χ3v) is 10.0. The number of anilines is 1. The molecule has 0 aliphatic carbocycles. The largest absolute Gasteiger partial charge is 0.748 e. The van der Waals surface area contributed by atoms with E-state index in [0.717, 1.165) is 17.2 Å². The van der Waals surface area contributed by atoms with Gasteiger partial charge in [0.1, 0.15) is 26.9 Å². The van der Waals surface area contributed by atoms with E-state index in [4.69, 9.17) is 9.47 Å². The average molecular weight is 708 g/mol. The SMILES string of the molecule is Cc1ccc2c(c1)N(CCCS(=O)(=O)[O-])C(=CC=c1s/c(=c3/s/c(=C4/OC(=O)N(C)C4=O)n(CC(=O)O)c3=O)n(CC(=O)O)c1=O)O2. The van der Waals surface area contributed by atoms with Crippen LogP contribution in [0.1, 0.15) is 12.0 Å². The van der Waals surface area contributed by atoms with Crippen LogP contribution >= 0.6 is 22.7 Å². The predicted molar refractivity (Wildman–Crippen MR) is 163 cm³/mol. The summed E-state index contributed by atoms with van der Waals surface area (Å²) in [6, 6.07) is 5.25. The maximum absolute atomic E-state index is 13.5. The Morgan fingerprint density at radius 2 is 1.62 bits per heavy atom. The van der Waals surface area contributed by atoms with Gasteiger partial charge in [0.05, 0.1) is 20.3 Å². The molecule has 248 valence electrons. The van der Waals surface area contributed by atoms with E-state index in [1.54, 1.807) is 23.1 Å². The van der Waals surface area contributed by atoms with E-state index in [1.165, 1.54) is 12.2 Å². The van der Waals surface area contributed by atoms with Crippen molar-refractivity contribution in [3.63, 3.8) is 0 Å². The van der Waals surface area contributed by atoms with Crippen LogP contribution in [0.25, 0.3) is 11.8 Å². The number of carbonyl (C=O) groups excluding carboxylic acids is 2. The molecule has 1 saturated heterocycles. The van der Waals surface area contributed by atoms with Crippen molar-refractivity contribution in [2.75, 3.05) is 24.2 Å². The number of ether oxygens (including phenoxy) is 2. The summed E-state index contributed by atoms with van der Waals surface area (Å²) in [6.07, 6.45) is 1.59. The first-order valence-corrected chi connectivity index (χ1v) is 16.6. The second-order valence-electron chi connectivity index (χ2n) is 10.2. The highest BCUT2D eigenvalue weighted by atomic mass is 32.2. The second kappa shape index (κ2) is 12.6. The Labute approximate surface area is 270 Å². The molecule has 2 N–H and O–H groups in total. The third kappa shape index (κ3) is 6.75. The molecule has 20 heteroatoms. The first-order valence-electron chi connectivity index (χ1n) is 13.4. The molecule has 3 aromatic rings. The van der Waals surface area contributed by atoms with Gasteiger partial charge in [0.2, 0.25) is 11.6 Å². The number of benzene rings is 1. The van der Waals surface area contributed by atoms with E-state index >= 15 is 0 Å². The Hall–Kier alpha value is -5.05. The molecule has 17 nitrogen and oxygen atoms in total. The highest BCUT2D eigenvalue weighted by Gasteiger charge is 2.36. The lowest BCUT2D eigenvalue weighted by atomic mass is 10.2. The first-order chi connectivity index (χ1) is 22.1. The zero-order chi connectivity index (χ0) is 34.4. The standard InChI is InChI=1S/C27H24N4O13S3/c1-13-4-5-15-14(10-13)29(8-3-9-47(40,41)42)17(43-15)7-6-16-22(36)30(11-18(32)33)26(45-16)21-24(38)31(12-19(34)35)25(46-21)20-23(37)28(2)27(39)44-20/h4-7,10H,3,8-9,11-12H2,1-2H3,(H,32,33)(H,34,35)(H,40,41,42)/p-1/b16-6?,17-7?,25-20+,26-21+. The van der Waals surface area contributed by atoms with Gasteiger partial charge in [-0.2, -0.15) is 0 Å². The van der Waals surface area contributed by atoms with Crippen molar-refractivity contribution >= 4 is 74.3 Å². The zero-order valence-corrected chi connectivity index (χ0v) is 26.8. The Morgan fingerprint density at radius 3 is 2.21 bits per heavy atom. The summed E-state index contributed by atoms with van der Waals surface area (Å²) < 4.78 is 45.1. The topological polar surface area (TPSA) is 235 Å². The van der Waals surface area contributed by atoms with Gasteiger partial charge in [-0.1, -0.05) is 6.07 Å². The number of allylic oxidation sites excluding steroid dienone is 1. The molecule has 1 aromatic carbocycles. The van der Waals surface area contributed by atoms with Gasteiger partial charge in [-0.3, -0.25) is 33.1 Å². The molecular formula is C27H23N4O13S3-. The number of aromatic nitrogens is 2.